The lowest BCUT2D eigenvalue weighted by molar-refractivity contribution is -0.134. The van der Waals surface area contributed by atoms with Gasteiger partial charge in [-0.05, 0) is 34.2 Å². The van der Waals surface area contributed by atoms with Gasteiger partial charge in [0.1, 0.15) is 4.88 Å². The minimum Gasteiger partial charge on any atom is -0.204 e. The summed E-state index contributed by atoms with van der Waals surface area (Å²) in [6, 6.07) is 10.7. The molecule has 0 spiro atoms. The molecule has 0 fully saturated rings. The highest BCUT2D eigenvalue weighted by Crippen LogP contribution is 2.55. The van der Waals surface area contributed by atoms with Gasteiger partial charge in [-0.1, -0.05) is 51.1 Å². The predicted molar refractivity (Wildman–Crippen MR) is 101 cm³/mol. The highest BCUT2D eigenvalue weighted by atomic mass is 32.1. The van der Waals surface area contributed by atoms with Gasteiger partial charge in [0, 0.05) is 21.9 Å². The van der Waals surface area contributed by atoms with E-state index in [2.05, 4.69) is 0 Å². The number of rotatable bonds is 0. The Labute approximate surface area is 163 Å². The van der Waals surface area contributed by atoms with Gasteiger partial charge in [-0.2, -0.15) is 13.2 Å². The molecule has 6 heteroatoms. The van der Waals surface area contributed by atoms with Gasteiger partial charge in [0.2, 0.25) is 0 Å². The second-order valence-corrected chi connectivity index (χ2v) is 9.12. The Morgan fingerprint density at radius 2 is 1.54 bits per heavy atom. The van der Waals surface area contributed by atoms with Crippen molar-refractivity contribution in [3.8, 4) is 21.6 Å². The van der Waals surface area contributed by atoms with Gasteiger partial charge in [0.25, 0.3) is 0 Å². The van der Waals surface area contributed by atoms with Gasteiger partial charge in [-0.25, -0.2) is 8.78 Å². The third kappa shape index (κ3) is 2.85. The molecule has 1 aromatic heterocycles. The molecule has 1 heterocycles. The molecule has 1 aliphatic rings. The monoisotopic (exact) mass is 408 g/mol. The molecule has 1 unspecified atom stereocenters. The molecule has 0 saturated heterocycles. The summed E-state index contributed by atoms with van der Waals surface area (Å²) in [5, 5.41) is 0. The minimum absolute atomic E-state index is 0.0714. The van der Waals surface area contributed by atoms with E-state index in [-0.39, 0.29) is 22.5 Å². The van der Waals surface area contributed by atoms with Crippen LogP contribution in [-0.4, -0.2) is 0 Å². The lowest BCUT2D eigenvalue weighted by Gasteiger charge is -2.33. The molecule has 28 heavy (non-hydrogen) atoms. The average Bonchev–Trinajstić information content (AvgIpc) is 2.98. The third-order valence-electron chi connectivity index (χ3n) is 5.10. The summed E-state index contributed by atoms with van der Waals surface area (Å²) >= 11 is 0.575. The normalized spacial score (nSPS) is 16.2. The van der Waals surface area contributed by atoms with Gasteiger partial charge in [-0.3, -0.25) is 0 Å². The van der Waals surface area contributed by atoms with Crippen LogP contribution in [0.25, 0.3) is 21.6 Å². The Bertz CT molecular complexity index is 1070. The number of fused-ring (bicyclic) bond motifs is 5. The number of alkyl halides is 3. The van der Waals surface area contributed by atoms with Crippen molar-refractivity contribution in [3.63, 3.8) is 0 Å². The Balaban J connectivity index is 2.18. The van der Waals surface area contributed by atoms with E-state index in [1.165, 1.54) is 6.07 Å². The van der Waals surface area contributed by atoms with Crippen molar-refractivity contribution in [1.29, 1.82) is 0 Å². The summed E-state index contributed by atoms with van der Waals surface area (Å²) in [5.74, 6) is -2.47. The van der Waals surface area contributed by atoms with Crippen LogP contribution in [0.5, 0.6) is 0 Å². The Kier molecular flexibility index (Phi) is 4.20. The van der Waals surface area contributed by atoms with Crippen molar-refractivity contribution in [2.24, 2.45) is 5.41 Å². The molecule has 1 aliphatic carbocycles. The van der Waals surface area contributed by atoms with Crippen LogP contribution in [0.4, 0.5) is 22.0 Å². The smallest absolute Gasteiger partial charge is 0.204 e. The summed E-state index contributed by atoms with van der Waals surface area (Å²) in [4.78, 5) is -0.503. The maximum absolute atomic E-state index is 15.0. The zero-order valence-corrected chi connectivity index (χ0v) is 16.2. The molecule has 0 nitrogen and oxygen atoms in total. The van der Waals surface area contributed by atoms with E-state index in [1.54, 1.807) is 12.1 Å². The van der Waals surface area contributed by atoms with Crippen molar-refractivity contribution < 1.29 is 22.0 Å². The number of benzene rings is 2. The molecule has 0 radical (unpaired) electrons. The van der Waals surface area contributed by atoms with Crippen molar-refractivity contribution in [2.45, 2.75) is 32.9 Å². The van der Waals surface area contributed by atoms with Crippen LogP contribution in [0.1, 0.15) is 42.7 Å². The summed E-state index contributed by atoms with van der Waals surface area (Å²) in [6.07, 6.45) is -4.56. The molecular weight excluding hydrogens is 391 g/mol. The van der Waals surface area contributed by atoms with E-state index >= 15 is 0 Å². The Morgan fingerprint density at radius 3 is 2.18 bits per heavy atom. The van der Waals surface area contributed by atoms with Crippen LogP contribution in [0, 0.1) is 17.0 Å². The van der Waals surface area contributed by atoms with Crippen molar-refractivity contribution in [3.05, 3.63) is 70.1 Å². The average molecular weight is 408 g/mol. The van der Waals surface area contributed by atoms with Crippen LogP contribution in [-0.2, 0) is 6.18 Å². The Hall–Kier alpha value is -2.21. The standard InChI is InChI=1S/C22H17F5S/c1-21(2,3)18-11-6-4-5-7-12(11)20-14(10-16(28-20)22(25,26)27)17-13(18)8-9-15(23)19(17)24/h4-10,18H,1-3H3. The van der Waals surface area contributed by atoms with Crippen molar-refractivity contribution in [1.82, 2.24) is 0 Å². The first-order chi connectivity index (χ1) is 13.0. The van der Waals surface area contributed by atoms with E-state index < -0.39 is 22.7 Å². The van der Waals surface area contributed by atoms with Gasteiger partial charge in [0.15, 0.2) is 11.6 Å². The summed E-state index contributed by atoms with van der Waals surface area (Å²) in [5.41, 5.74) is 1.62. The van der Waals surface area contributed by atoms with Gasteiger partial charge in [-0.15, -0.1) is 11.3 Å². The van der Waals surface area contributed by atoms with E-state index in [0.29, 0.717) is 27.3 Å². The van der Waals surface area contributed by atoms with Crippen LogP contribution >= 0.6 is 11.3 Å². The zero-order chi connectivity index (χ0) is 20.4. The lowest BCUT2D eigenvalue weighted by Crippen LogP contribution is -2.21. The molecule has 0 amide bonds. The zero-order valence-electron chi connectivity index (χ0n) is 15.4. The molecule has 0 N–H and O–H groups in total. The number of halogens is 5. The van der Waals surface area contributed by atoms with Crippen LogP contribution in [0.3, 0.4) is 0 Å². The van der Waals surface area contributed by atoms with E-state index in [1.807, 2.05) is 32.9 Å². The maximum atomic E-state index is 15.0. The fourth-order valence-electron chi connectivity index (χ4n) is 4.05. The molecular formula is C22H17F5S. The summed E-state index contributed by atoms with van der Waals surface area (Å²) < 4.78 is 69.4. The van der Waals surface area contributed by atoms with Crippen molar-refractivity contribution >= 4 is 11.3 Å². The van der Waals surface area contributed by atoms with E-state index in [0.717, 1.165) is 17.7 Å². The fourth-order valence-corrected chi connectivity index (χ4v) is 5.13. The third-order valence-corrected chi connectivity index (χ3v) is 6.31. The fraction of sp³-hybridized carbons (Fsp3) is 0.273. The second-order valence-electron chi connectivity index (χ2n) is 8.06. The number of hydrogen-bond acceptors (Lipinski definition) is 1. The molecule has 0 aliphatic heterocycles. The largest absolute Gasteiger partial charge is 0.425 e. The quantitative estimate of drug-likeness (QED) is 0.332. The Morgan fingerprint density at radius 1 is 0.857 bits per heavy atom. The topological polar surface area (TPSA) is 0 Å². The first-order valence-corrected chi connectivity index (χ1v) is 9.60. The summed E-state index contributed by atoms with van der Waals surface area (Å²) in [6.45, 7) is 5.96. The molecule has 0 bridgehead atoms. The van der Waals surface area contributed by atoms with Crippen LogP contribution in [0.2, 0.25) is 0 Å². The van der Waals surface area contributed by atoms with E-state index in [9.17, 15) is 22.0 Å². The molecule has 0 saturated carbocycles. The number of hydrogen-bond donors (Lipinski definition) is 0. The molecule has 4 rings (SSSR count). The predicted octanol–water partition coefficient (Wildman–Crippen LogP) is 7.87. The number of thiophene rings is 1. The van der Waals surface area contributed by atoms with Crippen LogP contribution < -0.4 is 0 Å². The molecule has 146 valence electrons. The van der Waals surface area contributed by atoms with Gasteiger partial charge in [0.05, 0.1) is 0 Å². The first-order valence-electron chi connectivity index (χ1n) is 8.78. The lowest BCUT2D eigenvalue weighted by atomic mass is 9.71. The highest BCUT2D eigenvalue weighted by Gasteiger charge is 2.40. The van der Waals surface area contributed by atoms with Crippen molar-refractivity contribution in [2.75, 3.05) is 0 Å². The molecule has 3 aromatic rings. The van der Waals surface area contributed by atoms with E-state index in [4.69, 9.17) is 0 Å². The SMILES string of the molecule is CC(C)(C)C1c2ccccc2-c2sc(C(F)(F)F)cc2-c2c1ccc(F)c2F. The second kappa shape index (κ2) is 6.14. The minimum atomic E-state index is -4.56. The van der Waals surface area contributed by atoms with Gasteiger partial charge < -0.3 is 0 Å². The summed E-state index contributed by atoms with van der Waals surface area (Å²) in [7, 11) is 0. The highest BCUT2D eigenvalue weighted by molar-refractivity contribution is 7.16. The van der Waals surface area contributed by atoms with Crippen LogP contribution in [0.15, 0.2) is 42.5 Å². The first kappa shape index (κ1) is 19.1. The molecule has 1 atom stereocenters. The molecule has 2 aromatic carbocycles. The van der Waals surface area contributed by atoms with Gasteiger partial charge >= 0.3 is 6.18 Å². The maximum Gasteiger partial charge on any atom is 0.425 e.